The molecule has 1 aromatic rings. The summed E-state index contributed by atoms with van der Waals surface area (Å²) in [5, 5.41) is 4.07. The van der Waals surface area contributed by atoms with Crippen molar-refractivity contribution in [1.82, 2.24) is 5.32 Å². The quantitative estimate of drug-likeness (QED) is 0.740. The summed E-state index contributed by atoms with van der Waals surface area (Å²) in [6.45, 7) is 5.32. The molecule has 0 aliphatic heterocycles. The molecule has 18 heavy (non-hydrogen) atoms. The lowest BCUT2D eigenvalue weighted by molar-refractivity contribution is 0.509. The molecule has 0 aromatic heterocycles. The molecule has 0 spiro atoms. The third-order valence-corrected chi connectivity index (χ3v) is 4.56. The summed E-state index contributed by atoms with van der Waals surface area (Å²) in [6, 6.07) is 7.84. The van der Waals surface area contributed by atoms with Gasteiger partial charge in [0.25, 0.3) is 0 Å². The van der Waals surface area contributed by atoms with Crippen molar-refractivity contribution in [3.8, 4) is 0 Å². The zero-order valence-corrected chi connectivity index (χ0v) is 12.7. The van der Waals surface area contributed by atoms with Crippen LogP contribution in [0.5, 0.6) is 0 Å². The van der Waals surface area contributed by atoms with Gasteiger partial charge in [-0.2, -0.15) is 0 Å². The second kappa shape index (κ2) is 8.68. The van der Waals surface area contributed by atoms with Crippen molar-refractivity contribution in [1.29, 1.82) is 0 Å². The first-order valence-corrected chi connectivity index (χ1v) is 8.20. The van der Waals surface area contributed by atoms with Crippen LogP contribution in [0, 0.1) is 0 Å². The van der Waals surface area contributed by atoms with Gasteiger partial charge in [-0.1, -0.05) is 24.9 Å². The number of rotatable bonds is 8. The van der Waals surface area contributed by atoms with Gasteiger partial charge in [-0.25, -0.2) is 0 Å². The molecule has 102 valence electrons. The first-order chi connectivity index (χ1) is 8.63. The Labute approximate surface area is 118 Å². The molecular formula is C14H22ClNOS. The fraction of sp³-hybridized carbons (Fsp3) is 0.571. The number of halogens is 1. The molecule has 0 amide bonds. The highest BCUT2D eigenvalue weighted by molar-refractivity contribution is 7.85. The normalized spacial score (nSPS) is 14.4. The summed E-state index contributed by atoms with van der Waals surface area (Å²) in [6.07, 6.45) is 3.27. The van der Waals surface area contributed by atoms with Gasteiger partial charge in [0.2, 0.25) is 0 Å². The van der Waals surface area contributed by atoms with Gasteiger partial charge in [0.15, 0.2) is 0 Å². The van der Waals surface area contributed by atoms with Crippen LogP contribution in [0.15, 0.2) is 29.2 Å². The molecule has 0 heterocycles. The highest BCUT2D eigenvalue weighted by atomic mass is 35.5. The van der Waals surface area contributed by atoms with Gasteiger partial charge in [0.1, 0.15) is 0 Å². The van der Waals surface area contributed by atoms with E-state index < -0.39 is 10.8 Å². The number of nitrogens with one attached hydrogen (secondary N) is 1. The van der Waals surface area contributed by atoms with Gasteiger partial charge in [0.05, 0.1) is 10.8 Å². The molecule has 1 aromatic carbocycles. The zero-order chi connectivity index (χ0) is 13.4. The Bertz CT molecular complexity index is 367. The van der Waals surface area contributed by atoms with Gasteiger partial charge < -0.3 is 5.32 Å². The molecule has 4 heteroatoms. The number of benzene rings is 1. The van der Waals surface area contributed by atoms with E-state index in [9.17, 15) is 4.21 Å². The summed E-state index contributed by atoms with van der Waals surface area (Å²) in [7, 11) is -0.889. The molecular weight excluding hydrogens is 266 g/mol. The third-order valence-electron chi connectivity index (χ3n) is 2.85. The standard InChI is InChI=1S/C14H22ClNOS/c1-3-16-12(2)6-4-5-11-18(17)14-9-7-13(15)8-10-14/h7-10,12,16H,3-6,11H2,1-2H3. The van der Waals surface area contributed by atoms with Crippen molar-refractivity contribution in [3.05, 3.63) is 29.3 Å². The maximum atomic E-state index is 12.0. The lowest BCUT2D eigenvalue weighted by Gasteiger charge is -2.11. The molecule has 1 rings (SSSR count). The Morgan fingerprint density at radius 1 is 1.28 bits per heavy atom. The van der Waals surface area contributed by atoms with Gasteiger partial charge in [-0.05, 0) is 50.6 Å². The molecule has 0 aliphatic rings. The van der Waals surface area contributed by atoms with Crippen molar-refractivity contribution >= 4 is 22.4 Å². The Hall–Kier alpha value is -0.380. The molecule has 0 fully saturated rings. The van der Waals surface area contributed by atoms with E-state index in [1.165, 1.54) is 0 Å². The summed E-state index contributed by atoms with van der Waals surface area (Å²) < 4.78 is 12.0. The molecule has 2 nitrogen and oxygen atoms in total. The van der Waals surface area contributed by atoms with Gasteiger partial charge in [-0.15, -0.1) is 0 Å². The molecule has 0 radical (unpaired) electrons. The fourth-order valence-corrected chi connectivity index (χ4v) is 3.11. The third kappa shape index (κ3) is 5.98. The molecule has 2 unspecified atom stereocenters. The molecule has 0 bridgehead atoms. The second-order valence-corrected chi connectivity index (χ2v) is 6.47. The van der Waals surface area contributed by atoms with E-state index in [0.717, 1.165) is 36.5 Å². The number of hydrogen-bond donors (Lipinski definition) is 1. The van der Waals surface area contributed by atoms with Crippen LogP contribution in [0.4, 0.5) is 0 Å². The van der Waals surface area contributed by atoms with Gasteiger partial charge >= 0.3 is 0 Å². The van der Waals surface area contributed by atoms with Gasteiger partial charge in [-0.3, -0.25) is 4.21 Å². The van der Waals surface area contributed by atoms with Crippen LogP contribution in [0.25, 0.3) is 0 Å². The molecule has 2 atom stereocenters. The first-order valence-electron chi connectivity index (χ1n) is 6.50. The van der Waals surface area contributed by atoms with Crippen LogP contribution in [0.1, 0.15) is 33.1 Å². The van der Waals surface area contributed by atoms with Gasteiger partial charge in [0, 0.05) is 21.7 Å². The summed E-state index contributed by atoms with van der Waals surface area (Å²) in [4.78, 5) is 0.874. The zero-order valence-electron chi connectivity index (χ0n) is 11.1. The van der Waals surface area contributed by atoms with E-state index in [1.807, 2.05) is 12.1 Å². The Balaban J connectivity index is 2.23. The second-order valence-electron chi connectivity index (χ2n) is 4.46. The van der Waals surface area contributed by atoms with Crippen LogP contribution >= 0.6 is 11.6 Å². The largest absolute Gasteiger partial charge is 0.315 e. The van der Waals surface area contributed by atoms with Crippen molar-refractivity contribution in [2.45, 2.75) is 44.0 Å². The highest BCUT2D eigenvalue weighted by Gasteiger charge is 2.04. The van der Waals surface area contributed by atoms with Crippen LogP contribution in [-0.2, 0) is 10.8 Å². The predicted octanol–water partition coefficient (Wildman–Crippen LogP) is 3.62. The lowest BCUT2D eigenvalue weighted by Crippen LogP contribution is -2.25. The first kappa shape index (κ1) is 15.7. The number of hydrogen-bond acceptors (Lipinski definition) is 2. The smallest absolute Gasteiger partial charge is 0.0529 e. The van der Waals surface area contributed by atoms with Crippen molar-refractivity contribution < 1.29 is 4.21 Å². The minimum atomic E-state index is -0.889. The Kier molecular flexibility index (Phi) is 7.56. The van der Waals surface area contributed by atoms with E-state index >= 15 is 0 Å². The molecule has 1 N–H and O–H groups in total. The van der Waals surface area contributed by atoms with Crippen LogP contribution in [0.3, 0.4) is 0 Å². The van der Waals surface area contributed by atoms with E-state index in [2.05, 4.69) is 19.2 Å². The van der Waals surface area contributed by atoms with E-state index in [1.54, 1.807) is 12.1 Å². The summed E-state index contributed by atoms with van der Waals surface area (Å²) in [5.41, 5.74) is 0. The van der Waals surface area contributed by atoms with Crippen molar-refractivity contribution in [2.24, 2.45) is 0 Å². The Morgan fingerprint density at radius 3 is 2.56 bits per heavy atom. The average Bonchev–Trinajstić information content (AvgIpc) is 2.35. The van der Waals surface area contributed by atoms with Crippen LogP contribution in [0.2, 0.25) is 5.02 Å². The van der Waals surface area contributed by atoms with Crippen LogP contribution in [-0.4, -0.2) is 22.5 Å². The summed E-state index contributed by atoms with van der Waals surface area (Å²) >= 11 is 5.80. The molecule has 0 aliphatic carbocycles. The van der Waals surface area contributed by atoms with Crippen molar-refractivity contribution in [2.75, 3.05) is 12.3 Å². The van der Waals surface area contributed by atoms with Crippen LogP contribution < -0.4 is 5.32 Å². The molecule has 0 saturated carbocycles. The van der Waals surface area contributed by atoms with Crippen molar-refractivity contribution in [3.63, 3.8) is 0 Å². The topological polar surface area (TPSA) is 29.1 Å². The van der Waals surface area contributed by atoms with E-state index in [0.29, 0.717) is 11.1 Å². The van der Waals surface area contributed by atoms with E-state index in [-0.39, 0.29) is 0 Å². The maximum Gasteiger partial charge on any atom is 0.0529 e. The monoisotopic (exact) mass is 287 g/mol. The minimum Gasteiger partial charge on any atom is -0.315 e. The SMILES string of the molecule is CCNC(C)CCCCS(=O)c1ccc(Cl)cc1. The Morgan fingerprint density at radius 2 is 1.94 bits per heavy atom. The molecule has 0 saturated heterocycles. The minimum absolute atomic E-state index is 0.555. The number of unbranched alkanes of at least 4 members (excludes halogenated alkanes) is 1. The lowest BCUT2D eigenvalue weighted by atomic mass is 10.1. The predicted molar refractivity (Wildman–Crippen MR) is 79.7 cm³/mol. The highest BCUT2D eigenvalue weighted by Crippen LogP contribution is 2.14. The fourth-order valence-electron chi connectivity index (χ4n) is 1.84. The average molecular weight is 288 g/mol. The summed E-state index contributed by atoms with van der Waals surface area (Å²) in [5.74, 6) is 0.737. The van der Waals surface area contributed by atoms with E-state index in [4.69, 9.17) is 11.6 Å². The maximum absolute atomic E-state index is 12.0.